The van der Waals surface area contributed by atoms with Gasteiger partial charge < -0.3 is 14.7 Å². The lowest BCUT2D eigenvalue weighted by Gasteiger charge is -2.34. The normalized spacial score (nSPS) is 18.6. The molecule has 23 heavy (non-hydrogen) atoms. The third kappa shape index (κ3) is 5.27. The second-order valence-electron chi connectivity index (χ2n) is 7.14. The molecular weight excluding hydrogens is 294 g/mol. The molecule has 1 aromatic carbocycles. The number of amides is 1. The molecule has 1 aliphatic heterocycles. The Bertz CT molecular complexity index is 559. The average molecular weight is 319 g/mol. The number of benzene rings is 1. The number of ether oxygens (including phenoxy) is 1. The number of nitrogens with zero attached hydrogens (tertiary/aromatic N) is 1. The van der Waals surface area contributed by atoms with Crippen molar-refractivity contribution in [2.24, 2.45) is 5.92 Å². The monoisotopic (exact) mass is 319 g/mol. The van der Waals surface area contributed by atoms with E-state index in [0.29, 0.717) is 18.0 Å². The van der Waals surface area contributed by atoms with Crippen LogP contribution in [0.15, 0.2) is 24.3 Å². The summed E-state index contributed by atoms with van der Waals surface area (Å²) >= 11 is 0. The van der Waals surface area contributed by atoms with E-state index in [9.17, 15) is 9.59 Å². The number of carboxylic acid groups (broad SMARTS) is 1. The molecule has 0 bridgehead atoms. The Labute approximate surface area is 137 Å². The van der Waals surface area contributed by atoms with Crippen LogP contribution in [0.2, 0.25) is 0 Å². The first kappa shape index (κ1) is 17.3. The van der Waals surface area contributed by atoms with E-state index in [1.165, 1.54) is 0 Å². The Hall–Kier alpha value is -2.04. The number of likely N-dealkylation sites (tertiary alicyclic amines) is 1. The van der Waals surface area contributed by atoms with E-state index < -0.39 is 11.6 Å². The van der Waals surface area contributed by atoms with Gasteiger partial charge in [-0.15, -0.1) is 0 Å². The zero-order valence-corrected chi connectivity index (χ0v) is 14.0. The fourth-order valence-corrected chi connectivity index (χ4v) is 2.84. The lowest BCUT2D eigenvalue weighted by atomic mass is 9.91. The molecule has 2 rings (SSSR count). The van der Waals surface area contributed by atoms with Gasteiger partial charge in [0.05, 0.1) is 5.56 Å². The maximum atomic E-state index is 12.2. The van der Waals surface area contributed by atoms with E-state index in [1.807, 2.05) is 32.9 Å². The minimum absolute atomic E-state index is 0.247. The fourth-order valence-electron chi connectivity index (χ4n) is 2.84. The summed E-state index contributed by atoms with van der Waals surface area (Å²) in [7, 11) is 0. The number of rotatable bonds is 3. The standard InChI is InChI=1S/C18H25NO4/c1-18(2,3)23-17(22)19-10-4-5-14(12-19)11-13-6-8-15(9-7-13)16(20)21/h6-9,14H,4-5,10-12H2,1-3H3,(H,20,21). The van der Waals surface area contributed by atoms with Gasteiger partial charge in [0.15, 0.2) is 0 Å². The molecule has 1 N–H and O–H groups in total. The van der Waals surface area contributed by atoms with Gasteiger partial charge in [-0.25, -0.2) is 9.59 Å². The predicted molar refractivity (Wildman–Crippen MR) is 87.6 cm³/mol. The van der Waals surface area contributed by atoms with Crippen molar-refractivity contribution in [3.63, 3.8) is 0 Å². The van der Waals surface area contributed by atoms with E-state index >= 15 is 0 Å². The molecule has 1 atom stereocenters. The van der Waals surface area contributed by atoms with Crippen LogP contribution < -0.4 is 0 Å². The first-order chi connectivity index (χ1) is 10.7. The zero-order chi connectivity index (χ0) is 17.0. The Balaban J connectivity index is 1.93. The SMILES string of the molecule is CC(C)(C)OC(=O)N1CCCC(Cc2ccc(C(=O)O)cc2)C1. The van der Waals surface area contributed by atoms with E-state index in [1.54, 1.807) is 17.0 Å². The third-order valence-corrected chi connectivity index (χ3v) is 3.90. The minimum atomic E-state index is -0.912. The van der Waals surface area contributed by atoms with Gasteiger partial charge in [-0.05, 0) is 63.6 Å². The molecule has 126 valence electrons. The molecule has 1 saturated heterocycles. The quantitative estimate of drug-likeness (QED) is 0.925. The summed E-state index contributed by atoms with van der Waals surface area (Å²) in [5, 5.41) is 8.93. The highest BCUT2D eigenvalue weighted by Crippen LogP contribution is 2.23. The minimum Gasteiger partial charge on any atom is -0.478 e. The Morgan fingerprint density at radius 3 is 2.48 bits per heavy atom. The molecule has 0 aromatic heterocycles. The summed E-state index contributed by atoms with van der Waals surface area (Å²) in [5.41, 5.74) is 0.926. The van der Waals surface area contributed by atoms with Crippen LogP contribution in [0.3, 0.4) is 0 Å². The molecule has 0 aliphatic carbocycles. The summed E-state index contributed by atoms with van der Waals surface area (Å²) in [4.78, 5) is 24.8. The first-order valence-corrected chi connectivity index (χ1v) is 8.05. The summed E-state index contributed by atoms with van der Waals surface area (Å²) in [6.07, 6.45) is 2.64. The molecule has 1 unspecified atom stereocenters. The molecule has 1 fully saturated rings. The maximum absolute atomic E-state index is 12.2. The van der Waals surface area contributed by atoms with Gasteiger partial charge in [-0.1, -0.05) is 12.1 Å². The van der Waals surface area contributed by atoms with E-state index in [2.05, 4.69) is 0 Å². The number of carboxylic acids is 1. The van der Waals surface area contributed by atoms with Crippen molar-refractivity contribution < 1.29 is 19.4 Å². The average Bonchev–Trinajstić information content (AvgIpc) is 2.46. The number of hydrogen-bond acceptors (Lipinski definition) is 3. The van der Waals surface area contributed by atoms with Crippen molar-refractivity contribution in [3.8, 4) is 0 Å². The summed E-state index contributed by atoms with van der Waals surface area (Å²) < 4.78 is 5.44. The van der Waals surface area contributed by atoms with E-state index in [-0.39, 0.29) is 6.09 Å². The van der Waals surface area contributed by atoms with Gasteiger partial charge in [-0.2, -0.15) is 0 Å². The van der Waals surface area contributed by atoms with Crippen molar-refractivity contribution >= 4 is 12.1 Å². The molecule has 5 heteroatoms. The highest BCUT2D eigenvalue weighted by atomic mass is 16.6. The number of hydrogen-bond donors (Lipinski definition) is 1. The van der Waals surface area contributed by atoms with Crippen LogP contribution in [0.25, 0.3) is 0 Å². The van der Waals surface area contributed by atoms with Gasteiger partial charge in [0.1, 0.15) is 5.60 Å². The van der Waals surface area contributed by atoms with Crippen molar-refractivity contribution in [1.29, 1.82) is 0 Å². The molecule has 1 amide bonds. The zero-order valence-electron chi connectivity index (χ0n) is 14.0. The molecule has 1 aromatic rings. The van der Waals surface area contributed by atoms with Crippen LogP contribution in [0.4, 0.5) is 4.79 Å². The van der Waals surface area contributed by atoms with Crippen LogP contribution in [-0.2, 0) is 11.2 Å². The lowest BCUT2D eigenvalue weighted by molar-refractivity contribution is 0.0166. The number of aromatic carboxylic acids is 1. The van der Waals surface area contributed by atoms with E-state index in [0.717, 1.165) is 31.4 Å². The molecule has 0 spiro atoms. The number of carbonyl (C=O) groups is 2. The Morgan fingerprint density at radius 2 is 1.91 bits per heavy atom. The number of piperidine rings is 1. The summed E-state index contributed by atoms with van der Waals surface area (Å²) in [5.74, 6) is -0.530. The second kappa shape index (κ2) is 7.02. The van der Waals surface area contributed by atoms with Crippen LogP contribution in [0, 0.1) is 5.92 Å². The second-order valence-corrected chi connectivity index (χ2v) is 7.14. The van der Waals surface area contributed by atoms with Crippen molar-refractivity contribution in [1.82, 2.24) is 4.90 Å². The van der Waals surface area contributed by atoms with Gasteiger partial charge >= 0.3 is 12.1 Å². The van der Waals surface area contributed by atoms with Crippen LogP contribution in [0.1, 0.15) is 49.5 Å². The molecule has 0 radical (unpaired) electrons. The molecule has 0 saturated carbocycles. The van der Waals surface area contributed by atoms with Crippen molar-refractivity contribution in [3.05, 3.63) is 35.4 Å². The third-order valence-electron chi connectivity index (χ3n) is 3.90. The maximum Gasteiger partial charge on any atom is 0.410 e. The topological polar surface area (TPSA) is 66.8 Å². The Kier molecular flexibility index (Phi) is 5.29. The lowest BCUT2D eigenvalue weighted by Crippen LogP contribution is -2.43. The summed E-state index contributed by atoms with van der Waals surface area (Å²) in [6.45, 7) is 7.04. The molecule has 1 aliphatic rings. The molecule has 5 nitrogen and oxygen atoms in total. The Morgan fingerprint density at radius 1 is 1.26 bits per heavy atom. The van der Waals surface area contributed by atoms with Crippen LogP contribution in [0.5, 0.6) is 0 Å². The fraction of sp³-hybridized carbons (Fsp3) is 0.556. The van der Waals surface area contributed by atoms with Crippen LogP contribution in [-0.4, -0.2) is 40.8 Å². The van der Waals surface area contributed by atoms with E-state index in [4.69, 9.17) is 9.84 Å². The first-order valence-electron chi connectivity index (χ1n) is 8.05. The van der Waals surface area contributed by atoms with Gasteiger partial charge in [0.2, 0.25) is 0 Å². The molecular formula is C18H25NO4. The van der Waals surface area contributed by atoms with Crippen molar-refractivity contribution in [2.75, 3.05) is 13.1 Å². The number of carbonyl (C=O) groups excluding carboxylic acids is 1. The van der Waals surface area contributed by atoms with Crippen molar-refractivity contribution in [2.45, 2.75) is 45.6 Å². The van der Waals surface area contributed by atoms with Gasteiger partial charge in [0, 0.05) is 13.1 Å². The van der Waals surface area contributed by atoms with Gasteiger partial charge in [-0.3, -0.25) is 0 Å². The predicted octanol–water partition coefficient (Wildman–Crippen LogP) is 3.57. The summed E-state index contributed by atoms with van der Waals surface area (Å²) in [6, 6.07) is 6.98. The largest absolute Gasteiger partial charge is 0.478 e. The molecule has 1 heterocycles. The van der Waals surface area contributed by atoms with Crippen LogP contribution >= 0.6 is 0 Å². The highest BCUT2D eigenvalue weighted by molar-refractivity contribution is 5.87. The van der Waals surface area contributed by atoms with Gasteiger partial charge in [0.25, 0.3) is 0 Å². The highest BCUT2D eigenvalue weighted by Gasteiger charge is 2.27. The smallest absolute Gasteiger partial charge is 0.410 e.